The van der Waals surface area contributed by atoms with Crippen LogP contribution in [-0.2, 0) is 25.5 Å². The maximum Gasteiger partial charge on any atom is 0.248 e. The van der Waals surface area contributed by atoms with E-state index in [-0.39, 0.29) is 60.6 Å². The monoisotopic (exact) mass is 993 g/mol. The van der Waals surface area contributed by atoms with Gasteiger partial charge in [-0.2, -0.15) is 0 Å². The second-order valence-electron chi connectivity index (χ2n) is 16.5. The molecule has 1 aliphatic carbocycles. The van der Waals surface area contributed by atoms with Crippen molar-refractivity contribution in [2.45, 2.75) is 84.2 Å². The van der Waals surface area contributed by atoms with Crippen molar-refractivity contribution in [1.82, 2.24) is 9.97 Å². The van der Waals surface area contributed by atoms with Gasteiger partial charge >= 0.3 is 0 Å². The average Bonchev–Trinajstić information content (AvgIpc) is 3.70. The van der Waals surface area contributed by atoms with Gasteiger partial charge in [0.15, 0.2) is 0 Å². The van der Waals surface area contributed by atoms with E-state index in [2.05, 4.69) is 67.1 Å². The zero-order valence-corrected chi connectivity index (χ0v) is 36.2. The molecular formula is C55H48F2IrN2O-2. The summed E-state index contributed by atoms with van der Waals surface area (Å²) in [6, 6.07) is 41.0. The summed E-state index contributed by atoms with van der Waals surface area (Å²) in [4.78, 5) is 8.98. The Bertz CT molecular complexity index is 3370. The number of alkyl halides is 2. The molecule has 0 aliphatic heterocycles. The van der Waals surface area contributed by atoms with Crippen LogP contribution in [0.5, 0.6) is 0 Å². The van der Waals surface area contributed by atoms with Gasteiger partial charge in [-0.1, -0.05) is 124 Å². The molecule has 3 aromatic heterocycles. The van der Waals surface area contributed by atoms with E-state index in [1.54, 1.807) is 30.3 Å². The van der Waals surface area contributed by atoms with E-state index in [4.69, 9.17) is 18.1 Å². The fraction of sp³-hybridized carbons (Fsp3) is 0.236. The molecule has 61 heavy (non-hydrogen) atoms. The molecule has 1 aliphatic rings. The van der Waals surface area contributed by atoms with Crippen molar-refractivity contribution in [2.24, 2.45) is 0 Å². The number of aromatic nitrogens is 2. The first kappa shape index (κ1) is 31.3. The van der Waals surface area contributed by atoms with Crippen LogP contribution < -0.4 is 0 Å². The van der Waals surface area contributed by atoms with Gasteiger partial charge in [-0.15, -0.1) is 53.6 Å². The van der Waals surface area contributed by atoms with Gasteiger partial charge in [-0.3, -0.25) is 0 Å². The van der Waals surface area contributed by atoms with Crippen molar-refractivity contribution in [1.29, 1.82) is 0 Å². The number of benzene rings is 6. The minimum atomic E-state index is -2.86. The summed E-state index contributed by atoms with van der Waals surface area (Å²) in [7, 11) is 0. The number of hydrogen-bond donors (Lipinski definition) is 0. The number of pyridine rings is 2. The predicted molar refractivity (Wildman–Crippen MR) is 244 cm³/mol. The number of rotatable bonds is 4. The second-order valence-corrected chi connectivity index (χ2v) is 16.5. The molecule has 0 unspecified atom stereocenters. The summed E-state index contributed by atoms with van der Waals surface area (Å²) < 4.78 is 116. The van der Waals surface area contributed by atoms with Gasteiger partial charge in [0.25, 0.3) is 0 Å². The Kier molecular flexibility index (Phi) is 8.59. The summed E-state index contributed by atoms with van der Waals surface area (Å²) >= 11 is 0. The van der Waals surface area contributed by atoms with Crippen LogP contribution in [0.15, 0.2) is 132 Å². The fourth-order valence-corrected chi connectivity index (χ4v) is 8.08. The van der Waals surface area contributed by atoms with Gasteiger partial charge in [0.1, 0.15) is 5.58 Å². The van der Waals surface area contributed by atoms with E-state index < -0.39 is 45.2 Å². The van der Waals surface area contributed by atoms with Crippen LogP contribution in [0.1, 0.15) is 93.9 Å². The number of fused-ring (bicyclic) bond motifs is 7. The minimum Gasteiger partial charge on any atom is -0.500 e. The molecule has 0 saturated heterocycles. The Morgan fingerprint density at radius 1 is 0.721 bits per heavy atom. The maximum absolute atomic E-state index is 14.0. The molecule has 1 saturated carbocycles. The van der Waals surface area contributed by atoms with Gasteiger partial charge in [-0.05, 0) is 98.8 Å². The smallest absolute Gasteiger partial charge is 0.248 e. The molecule has 0 spiro atoms. The third-order valence-electron chi connectivity index (χ3n) is 11.5. The van der Waals surface area contributed by atoms with Crippen molar-refractivity contribution in [3.05, 3.63) is 168 Å². The van der Waals surface area contributed by atoms with E-state index in [1.165, 1.54) is 30.0 Å². The van der Waals surface area contributed by atoms with Gasteiger partial charge < -0.3 is 14.4 Å². The van der Waals surface area contributed by atoms with Crippen molar-refractivity contribution in [2.75, 3.05) is 0 Å². The first-order valence-corrected chi connectivity index (χ1v) is 20.0. The number of furan rings is 1. The molecule has 0 amide bonds. The van der Waals surface area contributed by atoms with Crippen LogP contribution in [0, 0.1) is 32.7 Å². The normalized spacial score (nSPS) is 17.8. The van der Waals surface area contributed by atoms with Crippen LogP contribution in [0.2, 0.25) is 0 Å². The number of nitrogens with zero attached hydrogens (tertiary/aromatic N) is 2. The predicted octanol–water partition coefficient (Wildman–Crippen LogP) is 15.5. The molecule has 309 valence electrons. The van der Waals surface area contributed by atoms with E-state index in [9.17, 15) is 8.78 Å². The van der Waals surface area contributed by atoms with Gasteiger partial charge in [-0.25, -0.2) is 8.78 Å². The zero-order chi connectivity index (χ0) is 50.2. The molecule has 0 bridgehead atoms. The fourth-order valence-electron chi connectivity index (χ4n) is 8.08. The van der Waals surface area contributed by atoms with Crippen LogP contribution in [0.4, 0.5) is 8.78 Å². The molecule has 3 nitrogen and oxygen atoms in total. The van der Waals surface area contributed by atoms with Crippen LogP contribution >= 0.6 is 0 Å². The Hall–Kier alpha value is -5.55. The zero-order valence-electron chi connectivity index (χ0n) is 43.8. The van der Waals surface area contributed by atoms with Gasteiger partial charge in [0.2, 0.25) is 5.92 Å². The average molecular weight is 993 g/mol. The van der Waals surface area contributed by atoms with Crippen LogP contribution in [0.25, 0.3) is 77.1 Å². The molecule has 6 heteroatoms. The Morgan fingerprint density at radius 2 is 1.49 bits per heavy atom. The van der Waals surface area contributed by atoms with E-state index in [1.807, 2.05) is 48.7 Å². The quantitative estimate of drug-likeness (QED) is 0.130. The van der Waals surface area contributed by atoms with Crippen molar-refractivity contribution < 1.29 is 47.0 Å². The summed E-state index contributed by atoms with van der Waals surface area (Å²) in [5.41, 5.74) is 5.43. The Balaban J connectivity index is 0.000000271. The molecule has 1 fully saturated rings. The van der Waals surface area contributed by atoms with Crippen LogP contribution in [0.3, 0.4) is 0 Å². The topological polar surface area (TPSA) is 38.9 Å². The molecule has 1 radical (unpaired) electrons. The van der Waals surface area contributed by atoms with Crippen molar-refractivity contribution >= 4 is 43.5 Å². The van der Waals surface area contributed by atoms with Crippen LogP contribution in [-0.4, -0.2) is 15.9 Å². The first-order valence-electron chi connectivity index (χ1n) is 25.0. The molecule has 0 atom stereocenters. The van der Waals surface area contributed by atoms with Crippen molar-refractivity contribution in [3.63, 3.8) is 0 Å². The minimum absolute atomic E-state index is 0. The Morgan fingerprint density at radius 3 is 2.23 bits per heavy atom. The number of hydrogen-bond acceptors (Lipinski definition) is 3. The number of aryl methyl sites for hydroxylation is 3. The summed E-state index contributed by atoms with van der Waals surface area (Å²) in [5.74, 6) is -4.25. The third kappa shape index (κ3) is 8.41. The van der Waals surface area contributed by atoms with E-state index in [0.29, 0.717) is 33.6 Å². The first-order chi connectivity index (χ1) is 32.8. The summed E-state index contributed by atoms with van der Waals surface area (Å²) in [6.07, 6.45) is 1.93. The largest absolute Gasteiger partial charge is 0.500 e. The molecule has 10 rings (SSSR count). The van der Waals surface area contributed by atoms with E-state index >= 15 is 0 Å². The van der Waals surface area contributed by atoms with Gasteiger partial charge in [0, 0.05) is 69.8 Å². The number of halogens is 2. The molecular weight excluding hydrogens is 935 g/mol. The molecule has 3 heterocycles. The molecule has 6 aromatic carbocycles. The van der Waals surface area contributed by atoms with E-state index in [0.717, 1.165) is 43.6 Å². The molecule has 9 aromatic rings. The summed E-state index contributed by atoms with van der Waals surface area (Å²) in [5, 5.41) is 5.80. The molecule has 0 N–H and O–H groups in total. The third-order valence-corrected chi connectivity index (χ3v) is 11.5. The Labute approximate surface area is 384 Å². The van der Waals surface area contributed by atoms with Crippen molar-refractivity contribution in [3.8, 4) is 33.6 Å². The second kappa shape index (κ2) is 16.7. The maximum atomic E-state index is 14.0. The summed E-state index contributed by atoms with van der Waals surface area (Å²) in [6.45, 7) is -1.02. The standard InChI is InChI=1S/C39H30F2NO.C16H18N.Ir/c1-23-20-28(25-16-18-39(40,41)19-17-25)13-14-29(23)34-21-35(42-22-24(34)2)33-9-5-8-31-32-15-12-27-11-10-26-6-3-4-7-30(26)36(27)38(32)43-37(31)33;1-12-5-7-13(8-6-12)15-10-9-14(11-17-15)16(2,3)4;/h3-8,10-15,20-22,25H,16-19H2,1-2H3;5-7,9-11H,1-4H3;/q2*-1;/i1D3,2D3,25D;1D3;. The van der Waals surface area contributed by atoms with Gasteiger partial charge in [0.05, 0.1) is 5.58 Å². The SMILES string of the molecule is [2H]C([2H])([2H])c1c[c-]c(-c2ccc(C(C)(C)C)cn2)cc1.[2H]C([2H])([2H])c1cnc(-c2[c-]ccc3c2oc2c3ccc3ccc4ccccc4c32)cc1-c1ccc(C2([2H])CCC(F)(F)CC2)cc1C([2H])([2H])[2H].[Ir].